The maximum atomic E-state index is 13.7. The van der Waals surface area contributed by atoms with E-state index in [1.54, 1.807) is 6.20 Å². The minimum Gasteiger partial charge on any atom is -0.367 e. The lowest BCUT2D eigenvalue weighted by Crippen LogP contribution is -2.34. The molecular weight excluding hydrogens is 420 g/mol. The van der Waals surface area contributed by atoms with E-state index in [-0.39, 0.29) is 5.91 Å². The van der Waals surface area contributed by atoms with Crippen LogP contribution in [0.25, 0.3) is 0 Å². The number of anilines is 1. The van der Waals surface area contributed by atoms with Crippen molar-refractivity contribution < 1.29 is 4.79 Å². The third-order valence-electron chi connectivity index (χ3n) is 6.67. The highest BCUT2D eigenvalue weighted by Crippen LogP contribution is 2.26. The molecule has 34 heavy (non-hydrogen) atoms. The summed E-state index contributed by atoms with van der Waals surface area (Å²) < 4.78 is 1.86. The van der Waals surface area contributed by atoms with Crippen molar-refractivity contribution in [3.63, 3.8) is 0 Å². The number of benzene rings is 2. The lowest BCUT2D eigenvalue weighted by atomic mass is 10.1. The Bertz CT molecular complexity index is 1030. The van der Waals surface area contributed by atoms with Crippen molar-refractivity contribution in [3.05, 3.63) is 83.7 Å². The Balaban J connectivity index is 1.64. The van der Waals surface area contributed by atoms with E-state index < -0.39 is 0 Å². The van der Waals surface area contributed by atoms with Crippen LogP contribution in [0.3, 0.4) is 0 Å². The lowest BCUT2D eigenvalue weighted by Gasteiger charge is -2.30. The molecule has 0 N–H and O–H groups in total. The van der Waals surface area contributed by atoms with E-state index in [0.29, 0.717) is 12.2 Å². The molecule has 0 unspecified atom stereocenters. The van der Waals surface area contributed by atoms with Gasteiger partial charge >= 0.3 is 0 Å². The molecule has 4 rings (SSSR count). The molecule has 0 spiro atoms. The Morgan fingerprint density at radius 3 is 2.35 bits per heavy atom. The fourth-order valence-corrected chi connectivity index (χ4v) is 4.88. The molecule has 5 heteroatoms. The number of nitrogens with zero attached hydrogens (tertiary/aromatic N) is 4. The second-order valence-electron chi connectivity index (χ2n) is 9.32. The van der Waals surface area contributed by atoms with Crippen LogP contribution >= 0.6 is 0 Å². The van der Waals surface area contributed by atoms with Crippen LogP contribution in [-0.2, 0) is 19.6 Å². The van der Waals surface area contributed by atoms with Crippen molar-refractivity contribution in [2.45, 2.75) is 71.5 Å². The largest absolute Gasteiger partial charge is 0.367 e. The summed E-state index contributed by atoms with van der Waals surface area (Å²) in [5.41, 5.74) is 4.47. The van der Waals surface area contributed by atoms with Gasteiger partial charge in [-0.1, -0.05) is 81.1 Å². The van der Waals surface area contributed by atoms with E-state index in [2.05, 4.69) is 71.5 Å². The average molecular weight is 459 g/mol. The molecule has 1 aromatic heterocycles. The zero-order valence-corrected chi connectivity index (χ0v) is 20.5. The number of amides is 1. The number of carbonyl (C=O) groups is 1. The second kappa shape index (κ2) is 12.4. The summed E-state index contributed by atoms with van der Waals surface area (Å²) in [6, 6.07) is 21.2. The van der Waals surface area contributed by atoms with Gasteiger partial charge in [0.05, 0.1) is 0 Å². The predicted molar refractivity (Wildman–Crippen MR) is 139 cm³/mol. The van der Waals surface area contributed by atoms with Crippen molar-refractivity contribution in [2.24, 2.45) is 0 Å². The number of hydrogen-bond acceptors (Lipinski definition) is 3. The van der Waals surface area contributed by atoms with Gasteiger partial charge in [-0.15, -0.1) is 0 Å². The standard InChI is InChI=1S/C29H38N4O/c1-2-20-33-28(18-19-30-33)29(34)32-22-13-6-4-3-5-12-21-31(23-25-14-8-7-9-15-25)27-17-11-10-16-26(27)24-32/h7-11,14-19H,2-6,12-13,20-24H2,1H3. The van der Waals surface area contributed by atoms with Crippen molar-refractivity contribution in [1.29, 1.82) is 0 Å². The van der Waals surface area contributed by atoms with Gasteiger partial charge in [0.15, 0.2) is 0 Å². The maximum Gasteiger partial charge on any atom is 0.272 e. The van der Waals surface area contributed by atoms with Gasteiger partial charge in [0, 0.05) is 44.6 Å². The third-order valence-corrected chi connectivity index (χ3v) is 6.67. The maximum absolute atomic E-state index is 13.7. The minimum absolute atomic E-state index is 0.0882. The number of aromatic nitrogens is 2. The quantitative estimate of drug-likeness (QED) is 0.451. The molecule has 0 fully saturated rings. The number of rotatable bonds is 5. The molecule has 2 heterocycles. The molecule has 5 nitrogen and oxygen atoms in total. The van der Waals surface area contributed by atoms with Crippen LogP contribution in [0.2, 0.25) is 0 Å². The number of carbonyl (C=O) groups excluding carboxylic acids is 1. The molecule has 3 aromatic rings. The predicted octanol–water partition coefficient (Wildman–Crippen LogP) is 6.30. The molecule has 0 atom stereocenters. The van der Waals surface area contributed by atoms with Gasteiger partial charge in [-0.3, -0.25) is 9.48 Å². The Labute approximate surface area is 204 Å². The molecule has 180 valence electrons. The molecular formula is C29H38N4O. The van der Waals surface area contributed by atoms with Gasteiger partial charge in [0.25, 0.3) is 5.91 Å². The first kappa shape index (κ1) is 24.1. The molecule has 0 radical (unpaired) electrons. The summed E-state index contributed by atoms with van der Waals surface area (Å²) in [4.78, 5) is 18.2. The number of para-hydroxylation sites is 1. The third kappa shape index (κ3) is 6.28. The molecule has 0 saturated carbocycles. The molecule has 0 aliphatic carbocycles. The highest BCUT2D eigenvalue weighted by atomic mass is 16.2. The SMILES string of the molecule is CCCn1nccc1C(=O)N1CCCCCCCCN(Cc2ccccc2)c2ccccc2C1. The highest BCUT2D eigenvalue weighted by Gasteiger charge is 2.22. The fraction of sp³-hybridized carbons (Fsp3) is 0.448. The van der Waals surface area contributed by atoms with Crippen molar-refractivity contribution in [2.75, 3.05) is 18.0 Å². The van der Waals surface area contributed by atoms with E-state index in [4.69, 9.17) is 0 Å². The Hall–Kier alpha value is -3.08. The Kier molecular flexibility index (Phi) is 8.78. The normalized spacial score (nSPS) is 15.7. The number of aryl methyl sites for hydroxylation is 1. The van der Waals surface area contributed by atoms with Gasteiger partial charge in [-0.2, -0.15) is 5.10 Å². The van der Waals surface area contributed by atoms with Crippen LogP contribution in [0.4, 0.5) is 5.69 Å². The smallest absolute Gasteiger partial charge is 0.272 e. The molecule has 2 aromatic carbocycles. The van der Waals surface area contributed by atoms with Crippen molar-refractivity contribution in [3.8, 4) is 0 Å². The fourth-order valence-electron chi connectivity index (χ4n) is 4.88. The number of hydrogen-bond donors (Lipinski definition) is 0. The lowest BCUT2D eigenvalue weighted by molar-refractivity contribution is 0.0727. The first-order valence-electron chi connectivity index (χ1n) is 12.9. The monoisotopic (exact) mass is 458 g/mol. The van der Waals surface area contributed by atoms with Gasteiger partial charge in [0.2, 0.25) is 0 Å². The van der Waals surface area contributed by atoms with Gasteiger partial charge in [-0.25, -0.2) is 0 Å². The van der Waals surface area contributed by atoms with E-state index in [1.165, 1.54) is 48.9 Å². The average Bonchev–Trinajstić information content (AvgIpc) is 3.33. The van der Waals surface area contributed by atoms with Crippen molar-refractivity contribution in [1.82, 2.24) is 14.7 Å². The van der Waals surface area contributed by atoms with E-state index in [0.717, 1.165) is 39.0 Å². The van der Waals surface area contributed by atoms with Gasteiger partial charge in [-0.05, 0) is 42.5 Å². The molecule has 1 aliphatic rings. The summed E-state index contributed by atoms with van der Waals surface area (Å²) in [5.74, 6) is 0.0882. The zero-order valence-electron chi connectivity index (χ0n) is 20.5. The first-order chi connectivity index (χ1) is 16.8. The summed E-state index contributed by atoms with van der Waals surface area (Å²) in [5, 5.41) is 4.40. The molecule has 1 aliphatic heterocycles. The van der Waals surface area contributed by atoms with Crippen LogP contribution in [-0.4, -0.2) is 33.7 Å². The number of fused-ring (bicyclic) bond motifs is 1. The van der Waals surface area contributed by atoms with Crippen LogP contribution in [0, 0.1) is 0 Å². The topological polar surface area (TPSA) is 41.4 Å². The van der Waals surface area contributed by atoms with Crippen molar-refractivity contribution >= 4 is 11.6 Å². The van der Waals surface area contributed by atoms with Crippen LogP contribution in [0.1, 0.15) is 73.5 Å². The van der Waals surface area contributed by atoms with Crippen LogP contribution in [0.15, 0.2) is 66.9 Å². The van der Waals surface area contributed by atoms with E-state index in [1.807, 2.05) is 15.6 Å². The first-order valence-corrected chi connectivity index (χ1v) is 12.9. The van der Waals surface area contributed by atoms with Gasteiger partial charge < -0.3 is 9.80 Å². The Morgan fingerprint density at radius 1 is 0.853 bits per heavy atom. The van der Waals surface area contributed by atoms with E-state index >= 15 is 0 Å². The molecule has 0 saturated heterocycles. The summed E-state index contributed by atoms with van der Waals surface area (Å²) in [6.07, 6.45) is 9.88. The van der Waals surface area contributed by atoms with Crippen LogP contribution < -0.4 is 4.90 Å². The van der Waals surface area contributed by atoms with Gasteiger partial charge in [0.1, 0.15) is 5.69 Å². The minimum atomic E-state index is 0.0882. The Morgan fingerprint density at radius 2 is 1.56 bits per heavy atom. The zero-order chi connectivity index (χ0) is 23.6. The molecule has 1 amide bonds. The second-order valence-corrected chi connectivity index (χ2v) is 9.32. The van der Waals surface area contributed by atoms with E-state index in [9.17, 15) is 4.79 Å². The highest BCUT2D eigenvalue weighted by molar-refractivity contribution is 5.92. The summed E-state index contributed by atoms with van der Waals surface area (Å²) in [7, 11) is 0. The summed E-state index contributed by atoms with van der Waals surface area (Å²) in [6.45, 7) is 6.20. The molecule has 0 bridgehead atoms. The van der Waals surface area contributed by atoms with Crippen LogP contribution in [0.5, 0.6) is 0 Å². The summed E-state index contributed by atoms with van der Waals surface area (Å²) >= 11 is 0.